The van der Waals surface area contributed by atoms with Crippen LogP contribution in [-0.4, -0.2) is 50.5 Å². The van der Waals surface area contributed by atoms with E-state index in [1.54, 1.807) is 27.7 Å². The second-order valence-corrected chi connectivity index (χ2v) is 6.89. The van der Waals surface area contributed by atoms with Crippen LogP contribution in [0.25, 0.3) is 0 Å². The minimum Gasteiger partial charge on any atom is -0.481 e. The number of aromatic nitrogens is 2. The second kappa shape index (κ2) is 12.7. The molecule has 1 aliphatic heterocycles. The molecule has 1 fully saturated rings. The van der Waals surface area contributed by atoms with E-state index < -0.39 is 41.7 Å². The van der Waals surface area contributed by atoms with Crippen molar-refractivity contribution in [1.82, 2.24) is 9.55 Å². The summed E-state index contributed by atoms with van der Waals surface area (Å²) < 4.78 is 24.7. The molecule has 4 N–H and O–H groups in total. The monoisotopic (exact) mass is 431 g/mol. The zero-order valence-corrected chi connectivity index (χ0v) is 17.6. The molecule has 0 spiro atoms. The van der Waals surface area contributed by atoms with Crippen LogP contribution in [0.4, 0.5) is 10.2 Å². The van der Waals surface area contributed by atoms with Gasteiger partial charge in [-0.2, -0.15) is 4.98 Å². The fourth-order valence-corrected chi connectivity index (χ4v) is 2.07. The van der Waals surface area contributed by atoms with Crippen LogP contribution in [0.15, 0.2) is 24.1 Å². The van der Waals surface area contributed by atoms with Crippen molar-refractivity contribution in [2.75, 3.05) is 12.3 Å². The highest BCUT2D eigenvalue weighted by atomic mass is 19.1. The number of rotatable bonds is 5. The molecule has 2 heterocycles. The van der Waals surface area contributed by atoms with Gasteiger partial charge >= 0.3 is 17.6 Å². The molecule has 11 heteroatoms. The molecule has 0 amide bonds. The summed E-state index contributed by atoms with van der Waals surface area (Å²) in [6.07, 6.45) is -1.76. The quantitative estimate of drug-likeness (QED) is 0.463. The highest BCUT2D eigenvalue weighted by molar-refractivity contribution is 5.71. The van der Waals surface area contributed by atoms with Crippen LogP contribution in [0.1, 0.15) is 40.3 Å². The number of ether oxygens (including phenoxy) is 2. The third-order valence-electron chi connectivity index (χ3n) is 3.75. The Hall–Kier alpha value is -2.79. The first kappa shape index (κ1) is 27.2. The summed E-state index contributed by atoms with van der Waals surface area (Å²) in [6.45, 7) is 12.6. The lowest BCUT2D eigenvalue weighted by Gasteiger charge is -2.17. The zero-order valence-electron chi connectivity index (χ0n) is 17.6. The first-order chi connectivity index (χ1) is 13.9. The van der Waals surface area contributed by atoms with E-state index in [0.717, 1.165) is 10.8 Å². The molecule has 10 nitrogen and oxygen atoms in total. The Labute approximate surface area is 174 Å². The number of aliphatic hydroxyl groups excluding tert-OH is 1. The maximum absolute atomic E-state index is 13.4. The van der Waals surface area contributed by atoms with Gasteiger partial charge in [0.1, 0.15) is 12.7 Å². The van der Waals surface area contributed by atoms with Crippen LogP contribution in [-0.2, 0) is 19.1 Å². The minimum absolute atomic E-state index is 0.0514. The summed E-state index contributed by atoms with van der Waals surface area (Å²) in [7, 11) is 0. The van der Waals surface area contributed by atoms with Gasteiger partial charge in [0, 0.05) is 6.42 Å². The van der Waals surface area contributed by atoms with Crippen molar-refractivity contribution in [2.24, 2.45) is 11.8 Å². The lowest BCUT2D eigenvalue weighted by molar-refractivity contribution is -0.152. The van der Waals surface area contributed by atoms with Crippen LogP contribution in [0.2, 0.25) is 0 Å². The largest absolute Gasteiger partial charge is 0.481 e. The van der Waals surface area contributed by atoms with E-state index in [1.165, 1.54) is 0 Å². The molecule has 0 bridgehead atoms. The minimum atomic E-state index is -1.10. The number of carbonyl (C=O) groups is 2. The second-order valence-electron chi connectivity index (χ2n) is 6.89. The van der Waals surface area contributed by atoms with Gasteiger partial charge in [-0.1, -0.05) is 27.7 Å². The van der Waals surface area contributed by atoms with E-state index in [4.69, 9.17) is 20.3 Å². The van der Waals surface area contributed by atoms with Crippen LogP contribution in [0.3, 0.4) is 0 Å². The molecule has 3 atom stereocenters. The molecule has 170 valence electrons. The Morgan fingerprint density at radius 2 is 1.90 bits per heavy atom. The van der Waals surface area contributed by atoms with Gasteiger partial charge < -0.3 is 25.4 Å². The van der Waals surface area contributed by atoms with Crippen molar-refractivity contribution in [3.63, 3.8) is 0 Å². The number of nitrogen functional groups attached to an aromatic ring is 1. The Bertz CT molecular complexity index is 767. The molecule has 1 aromatic heterocycles. The van der Waals surface area contributed by atoms with Crippen molar-refractivity contribution in [1.29, 1.82) is 0 Å². The molecule has 1 aliphatic rings. The summed E-state index contributed by atoms with van der Waals surface area (Å²) >= 11 is 0. The van der Waals surface area contributed by atoms with E-state index >= 15 is 0 Å². The van der Waals surface area contributed by atoms with E-state index in [2.05, 4.69) is 18.1 Å². The average Bonchev–Trinajstić information content (AvgIpc) is 3.05. The Morgan fingerprint density at radius 1 is 1.37 bits per heavy atom. The number of aliphatic hydroxyl groups is 1. The molecule has 30 heavy (non-hydrogen) atoms. The standard InChI is InChI=1S/C13H18FN3O5.C4H8O2.C2H4/c1-6(2)12(19)21-5-7-3-9(18)11(22-7)17-4-8(14)10(15)16-13(17)20;1-3(2)4(5)6;1-2/h4,6-7,9,11,18H,3,5H2,1-2H3,(H2,15,16,20);3H,1-2H3,(H,5,6);1-2H2. The highest BCUT2D eigenvalue weighted by Crippen LogP contribution is 2.28. The molecule has 1 saturated heterocycles. The lowest BCUT2D eigenvalue weighted by atomic mass is 10.2. The van der Waals surface area contributed by atoms with Gasteiger partial charge in [-0.05, 0) is 0 Å². The molecule has 0 radical (unpaired) electrons. The van der Waals surface area contributed by atoms with E-state index in [9.17, 15) is 23.9 Å². The van der Waals surface area contributed by atoms with Crippen LogP contribution >= 0.6 is 0 Å². The predicted molar refractivity (Wildman–Crippen MR) is 107 cm³/mol. The first-order valence-electron chi connectivity index (χ1n) is 9.21. The van der Waals surface area contributed by atoms with Gasteiger partial charge in [-0.3, -0.25) is 14.2 Å². The van der Waals surface area contributed by atoms with Crippen LogP contribution < -0.4 is 11.4 Å². The van der Waals surface area contributed by atoms with Gasteiger partial charge in [0.2, 0.25) is 0 Å². The van der Waals surface area contributed by atoms with E-state index in [1.807, 2.05) is 0 Å². The topological polar surface area (TPSA) is 154 Å². The predicted octanol–water partition coefficient (Wildman–Crippen LogP) is 1.34. The summed E-state index contributed by atoms with van der Waals surface area (Å²) in [5.41, 5.74) is 4.37. The number of nitrogens with zero attached hydrogens (tertiary/aromatic N) is 2. The summed E-state index contributed by atoms with van der Waals surface area (Å²) in [5, 5.41) is 18.0. The van der Waals surface area contributed by atoms with Crippen LogP contribution in [0, 0.1) is 17.7 Å². The number of carboxylic acid groups (broad SMARTS) is 1. The molecule has 0 aromatic carbocycles. The Kier molecular flexibility index (Phi) is 11.5. The number of carboxylic acids is 1. The SMILES string of the molecule is C=C.CC(C)C(=O)O.CC(C)C(=O)OCC1CC(O)C(n2cc(F)c(N)nc2=O)O1. The number of esters is 1. The van der Waals surface area contributed by atoms with E-state index in [-0.39, 0.29) is 30.8 Å². The third-order valence-corrected chi connectivity index (χ3v) is 3.75. The van der Waals surface area contributed by atoms with Gasteiger partial charge in [0.05, 0.1) is 24.1 Å². The van der Waals surface area contributed by atoms with Gasteiger partial charge in [0.25, 0.3) is 0 Å². The fourth-order valence-electron chi connectivity index (χ4n) is 2.07. The van der Waals surface area contributed by atoms with Gasteiger partial charge in [-0.25, -0.2) is 9.18 Å². The van der Waals surface area contributed by atoms with Crippen molar-refractivity contribution in [3.05, 3.63) is 35.7 Å². The maximum atomic E-state index is 13.4. The normalized spacial score (nSPS) is 20.1. The maximum Gasteiger partial charge on any atom is 0.351 e. The molecule has 1 aromatic rings. The first-order valence-corrected chi connectivity index (χ1v) is 9.21. The average molecular weight is 431 g/mol. The number of nitrogens with two attached hydrogens (primary N) is 1. The van der Waals surface area contributed by atoms with Crippen molar-refractivity contribution < 1.29 is 33.7 Å². The highest BCUT2D eigenvalue weighted by Gasteiger charge is 2.37. The number of hydrogen-bond acceptors (Lipinski definition) is 8. The van der Waals surface area contributed by atoms with Gasteiger partial charge in [0.15, 0.2) is 17.9 Å². The fraction of sp³-hybridized carbons (Fsp3) is 0.579. The van der Waals surface area contributed by atoms with Crippen molar-refractivity contribution in [2.45, 2.75) is 52.6 Å². The summed E-state index contributed by atoms with van der Waals surface area (Å²) in [6, 6.07) is 0. The lowest BCUT2D eigenvalue weighted by Crippen LogP contribution is -2.32. The molecule has 2 rings (SSSR count). The number of carbonyl (C=O) groups excluding carboxylic acids is 1. The van der Waals surface area contributed by atoms with E-state index in [0.29, 0.717) is 0 Å². The number of anilines is 1. The number of hydrogen-bond donors (Lipinski definition) is 3. The third kappa shape index (κ3) is 8.29. The van der Waals surface area contributed by atoms with Gasteiger partial charge in [-0.15, -0.1) is 13.2 Å². The van der Waals surface area contributed by atoms with Crippen LogP contribution in [0.5, 0.6) is 0 Å². The zero-order chi connectivity index (χ0) is 23.6. The number of halogens is 1. The molecular weight excluding hydrogens is 401 g/mol. The van der Waals surface area contributed by atoms with Crippen molar-refractivity contribution in [3.8, 4) is 0 Å². The smallest absolute Gasteiger partial charge is 0.351 e. The Balaban J connectivity index is 0.000000905. The Morgan fingerprint density at radius 3 is 2.37 bits per heavy atom. The molecule has 0 aliphatic carbocycles. The molecule has 0 saturated carbocycles. The summed E-state index contributed by atoms with van der Waals surface area (Å²) in [5.74, 6) is -3.04. The molecule has 3 unspecified atom stereocenters. The number of aliphatic carboxylic acids is 1. The summed E-state index contributed by atoms with van der Waals surface area (Å²) in [4.78, 5) is 36.1. The van der Waals surface area contributed by atoms with Crippen molar-refractivity contribution >= 4 is 17.8 Å². The molecular formula is C19H30FN3O7.